The molecule has 3 rings (SSSR count). The number of nitro benzene ring substituents is 1. The number of nitrogens with zero attached hydrogens (tertiary/aromatic N) is 3. The molecule has 2 radical (unpaired) electrons. The summed E-state index contributed by atoms with van der Waals surface area (Å²) in [4.78, 5) is 8.36. The van der Waals surface area contributed by atoms with E-state index < -0.39 is 74.2 Å². The average molecular weight is 565 g/mol. The molecule has 3 aromatic carbocycles. The number of nitrogens with two attached hydrogens (primary N) is 1. The third-order valence-electron chi connectivity index (χ3n) is 4.24. The predicted molar refractivity (Wildman–Crippen MR) is 125 cm³/mol. The van der Waals surface area contributed by atoms with Gasteiger partial charge in [-0.2, -0.15) is 16.8 Å². The normalized spacial score (nSPS) is 11.7. The van der Waals surface area contributed by atoms with E-state index in [0.717, 1.165) is 18.2 Å². The Kier molecular flexibility index (Phi) is 10.1. The molecule has 0 spiro atoms. The largest absolute Gasteiger partial charge is 0.507 e. The fourth-order valence-electron chi connectivity index (χ4n) is 2.79. The first-order valence-corrected chi connectivity index (χ1v) is 11.5. The van der Waals surface area contributed by atoms with Crippen LogP contribution < -0.4 is 5.73 Å². The molecule has 0 atom stereocenters. The van der Waals surface area contributed by atoms with Gasteiger partial charge in [0.2, 0.25) is 0 Å². The van der Waals surface area contributed by atoms with Crippen molar-refractivity contribution in [2.24, 2.45) is 10.2 Å². The van der Waals surface area contributed by atoms with Crippen LogP contribution in [0.3, 0.4) is 0 Å². The molecule has 0 saturated carbocycles. The number of nitro groups is 1. The summed E-state index contributed by atoms with van der Waals surface area (Å²) in [7, 11) is -9.88. The van der Waals surface area contributed by atoms with Crippen molar-refractivity contribution in [3.63, 3.8) is 0 Å². The van der Waals surface area contributed by atoms with Crippen LogP contribution in [0.1, 0.15) is 0 Å². The minimum absolute atomic E-state index is 0. The van der Waals surface area contributed by atoms with E-state index in [1.165, 1.54) is 0 Å². The van der Waals surface area contributed by atoms with Gasteiger partial charge < -0.3 is 15.9 Å². The Morgan fingerprint density at radius 3 is 2.06 bits per heavy atom. The quantitative estimate of drug-likeness (QED) is 0.0752. The fourth-order valence-corrected chi connectivity index (χ4v) is 4.21. The van der Waals surface area contributed by atoms with Gasteiger partial charge in [0, 0.05) is 82.7 Å². The number of rotatable bonds is 5. The zero-order valence-corrected chi connectivity index (χ0v) is 24.1. The summed E-state index contributed by atoms with van der Waals surface area (Å²) in [6.07, 6.45) is 0. The van der Waals surface area contributed by atoms with Gasteiger partial charge in [0.25, 0.3) is 25.9 Å². The molecular weight excluding hydrogens is 554 g/mol. The van der Waals surface area contributed by atoms with Crippen LogP contribution in [0.4, 0.5) is 22.7 Å². The zero-order valence-electron chi connectivity index (χ0n) is 17.7. The molecule has 35 heavy (non-hydrogen) atoms. The van der Waals surface area contributed by atoms with Crippen molar-refractivity contribution < 1.29 is 41.1 Å². The number of halogens is 1. The molecule has 0 amide bonds. The van der Waals surface area contributed by atoms with E-state index in [9.17, 15) is 46.3 Å². The molecule has 0 unspecified atom stereocenters. The number of anilines is 1. The Morgan fingerprint density at radius 1 is 0.943 bits per heavy atom. The number of nitrogen functional groups attached to an aromatic ring is 1. The number of non-ortho nitro benzene ring substituents is 1. The molecule has 3 aromatic rings. The zero-order chi connectivity index (χ0) is 24.9. The van der Waals surface area contributed by atoms with Gasteiger partial charge in [-0.15, -0.1) is 10.2 Å². The average Bonchev–Trinajstić information content (AvgIpc) is 2.67. The van der Waals surface area contributed by atoms with Crippen LogP contribution in [-0.2, 0) is 20.2 Å². The second-order valence-electron chi connectivity index (χ2n) is 6.38. The van der Waals surface area contributed by atoms with Crippen molar-refractivity contribution >= 4 is 124 Å². The van der Waals surface area contributed by atoms with Gasteiger partial charge >= 0.3 is 0 Å². The number of benzene rings is 3. The van der Waals surface area contributed by atoms with E-state index in [1.54, 1.807) is 0 Å². The molecule has 176 valence electrons. The first kappa shape index (κ1) is 31.5. The molecule has 0 aromatic heterocycles. The third kappa shape index (κ3) is 6.60. The standard InChI is InChI=1S/C16H11ClN4O10S2.2Na/c17-9-3-7(21(24)25)4-10(16(9)23)19-20-15-12(33(29,30)31)2-6-1-8(32(26,27)28)5-11(22)13(6)14(15)18;;/h1-5,22-23H,18H2,(H,26,27,28)(H,29,30,31);;. The molecule has 0 aliphatic heterocycles. The number of fused-ring (bicyclic) bond motifs is 1. The minimum Gasteiger partial charge on any atom is -0.507 e. The van der Waals surface area contributed by atoms with E-state index in [4.69, 9.17) is 17.3 Å². The molecule has 0 aliphatic rings. The molecule has 0 aliphatic carbocycles. The van der Waals surface area contributed by atoms with E-state index >= 15 is 0 Å². The van der Waals surface area contributed by atoms with Crippen LogP contribution in [0, 0.1) is 10.1 Å². The third-order valence-corrected chi connectivity index (χ3v) is 6.22. The van der Waals surface area contributed by atoms with Crippen molar-refractivity contribution in [1.29, 1.82) is 0 Å². The number of azo groups is 1. The van der Waals surface area contributed by atoms with Crippen molar-refractivity contribution in [2.45, 2.75) is 9.79 Å². The Bertz CT molecular complexity index is 1600. The molecule has 19 heteroatoms. The molecule has 0 saturated heterocycles. The summed E-state index contributed by atoms with van der Waals surface area (Å²) in [5.74, 6) is -1.53. The second kappa shape index (κ2) is 11.2. The topological polar surface area (TPSA) is 243 Å². The molecule has 0 heterocycles. The smallest absolute Gasteiger partial charge is 0.296 e. The van der Waals surface area contributed by atoms with Gasteiger partial charge in [0.05, 0.1) is 20.5 Å². The fraction of sp³-hybridized carbons (Fsp3) is 0. The van der Waals surface area contributed by atoms with Gasteiger partial charge in [0.15, 0.2) is 5.75 Å². The van der Waals surface area contributed by atoms with Crippen LogP contribution in [0.15, 0.2) is 50.4 Å². The number of aromatic hydroxyl groups is 2. The maximum absolute atomic E-state index is 11.9. The summed E-state index contributed by atoms with van der Waals surface area (Å²) in [6, 6.07) is 3.71. The van der Waals surface area contributed by atoms with Crippen LogP contribution in [0.25, 0.3) is 10.8 Å². The van der Waals surface area contributed by atoms with Crippen molar-refractivity contribution in [1.82, 2.24) is 0 Å². The Balaban J connectivity index is 0.00000306. The van der Waals surface area contributed by atoms with Gasteiger partial charge in [-0.05, 0) is 17.5 Å². The summed E-state index contributed by atoms with van der Waals surface area (Å²) >= 11 is 5.71. The molecule has 0 fully saturated rings. The van der Waals surface area contributed by atoms with Gasteiger partial charge in [-0.25, -0.2) is 0 Å². The summed E-state index contributed by atoms with van der Waals surface area (Å²) < 4.78 is 65.4. The van der Waals surface area contributed by atoms with Crippen molar-refractivity contribution in [3.05, 3.63) is 45.5 Å². The first-order valence-electron chi connectivity index (χ1n) is 8.24. The Hall–Kier alpha value is -1.57. The minimum atomic E-state index is -5.08. The molecule has 0 bridgehead atoms. The predicted octanol–water partition coefficient (Wildman–Crippen LogP) is 2.54. The van der Waals surface area contributed by atoms with Crippen molar-refractivity contribution in [3.8, 4) is 11.5 Å². The van der Waals surface area contributed by atoms with E-state index in [2.05, 4.69) is 10.2 Å². The van der Waals surface area contributed by atoms with E-state index in [0.29, 0.717) is 12.1 Å². The molecule has 14 nitrogen and oxygen atoms in total. The van der Waals surface area contributed by atoms with Crippen molar-refractivity contribution in [2.75, 3.05) is 5.73 Å². The monoisotopic (exact) mass is 564 g/mol. The van der Waals surface area contributed by atoms with E-state index in [1.807, 2.05) is 0 Å². The maximum atomic E-state index is 11.9. The molecular formula is C16H11ClN4Na2O10S2. The van der Waals surface area contributed by atoms with E-state index in [-0.39, 0.29) is 69.9 Å². The molecule has 6 N–H and O–H groups in total. The Labute approximate surface area is 246 Å². The number of hydrogen-bond donors (Lipinski definition) is 5. The van der Waals surface area contributed by atoms with Crippen LogP contribution >= 0.6 is 11.6 Å². The van der Waals surface area contributed by atoms with Gasteiger partial charge in [-0.1, -0.05) is 11.6 Å². The van der Waals surface area contributed by atoms with Gasteiger partial charge in [0.1, 0.15) is 22.0 Å². The Morgan fingerprint density at radius 2 is 1.54 bits per heavy atom. The summed E-state index contributed by atoms with van der Waals surface area (Å²) in [5.41, 5.74) is 3.41. The number of phenolic OH excluding ortho intramolecular Hbond substituents is 2. The van der Waals surface area contributed by atoms with Crippen LogP contribution in [-0.4, -0.2) is 100 Å². The SMILES string of the molecule is Nc1c(N=Nc2cc([N+](=O)[O-])cc(Cl)c2O)c(S(=O)(=O)O)cc2cc(S(=O)(=O)O)cc(O)c12.[Na].[Na]. The number of phenols is 2. The summed E-state index contributed by atoms with van der Waals surface area (Å²) in [6.45, 7) is 0. The van der Waals surface area contributed by atoms with Gasteiger partial charge in [-0.3, -0.25) is 19.2 Å². The number of hydrogen-bond acceptors (Lipinski definition) is 11. The van der Waals surface area contributed by atoms with Crippen LogP contribution in [0.5, 0.6) is 11.5 Å². The summed E-state index contributed by atoms with van der Waals surface area (Å²) in [5, 5.41) is 37.1. The second-order valence-corrected chi connectivity index (χ2v) is 9.60. The maximum Gasteiger partial charge on any atom is 0.296 e. The van der Waals surface area contributed by atoms with Crippen LogP contribution in [0.2, 0.25) is 5.02 Å². The first-order chi connectivity index (χ1) is 15.1.